The van der Waals surface area contributed by atoms with Crippen molar-refractivity contribution in [3.8, 4) is 0 Å². The van der Waals surface area contributed by atoms with Gasteiger partial charge in [-0.2, -0.15) is 0 Å². The summed E-state index contributed by atoms with van der Waals surface area (Å²) in [7, 11) is 0. The normalized spacial score (nSPS) is 44.3. The highest BCUT2D eigenvalue weighted by atomic mass is 79.9. The van der Waals surface area contributed by atoms with E-state index in [0.29, 0.717) is 35.5 Å². The summed E-state index contributed by atoms with van der Waals surface area (Å²) in [5.74, 6) is 3.49. The van der Waals surface area contributed by atoms with E-state index in [4.69, 9.17) is 0 Å². The lowest BCUT2D eigenvalue weighted by Crippen LogP contribution is -2.38. The summed E-state index contributed by atoms with van der Waals surface area (Å²) in [5.41, 5.74) is 2.81. The molecule has 4 bridgehead atoms. The van der Waals surface area contributed by atoms with Crippen molar-refractivity contribution < 1.29 is 9.59 Å². The third-order valence-electron chi connectivity index (χ3n) is 8.12. The number of benzene rings is 1. The second kappa shape index (κ2) is 4.89. The van der Waals surface area contributed by atoms with E-state index in [0.717, 1.165) is 27.7 Å². The number of rotatable bonds is 1. The van der Waals surface area contributed by atoms with Crippen LogP contribution in [0.5, 0.6) is 0 Å². The van der Waals surface area contributed by atoms with Crippen LogP contribution in [0.25, 0.3) is 0 Å². The number of nitrogens with zero attached hydrogens (tertiary/aromatic N) is 1. The van der Waals surface area contributed by atoms with Gasteiger partial charge in [0.1, 0.15) is 0 Å². The number of anilines is 1. The summed E-state index contributed by atoms with van der Waals surface area (Å²) in [6.07, 6.45) is 7.15. The fourth-order valence-corrected chi connectivity index (χ4v) is 8.28. The number of carbonyl (C=O) groups excluding carboxylic acids is 2. The van der Waals surface area contributed by atoms with Crippen LogP contribution >= 0.6 is 15.9 Å². The van der Waals surface area contributed by atoms with Gasteiger partial charge in [0, 0.05) is 4.47 Å². The molecule has 0 spiro atoms. The second-order valence-corrected chi connectivity index (χ2v) is 10.0. The molecule has 0 N–H and O–H groups in total. The van der Waals surface area contributed by atoms with E-state index in [1.54, 1.807) is 4.90 Å². The van der Waals surface area contributed by atoms with E-state index < -0.39 is 0 Å². The molecule has 26 heavy (non-hydrogen) atoms. The van der Waals surface area contributed by atoms with Crippen molar-refractivity contribution in [3.05, 3.63) is 39.9 Å². The molecule has 8 atom stereocenters. The molecule has 2 amide bonds. The third kappa shape index (κ3) is 1.66. The first-order valence-corrected chi connectivity index (χ1v) is 10.6. The Bertz CT molecular complexity index is 840. The fourth-order valence-electron chi connectivity index (χ4n) is 7.59. The molecule has 4 heteroatoms. The van der Waals surface area contributed by atoms with E-state index in [1.807, 2.05) is 26.0 Å². The maximum atomic E-state index is 13.4. The van der Waals surface area contributed by atoms with Gasteiger partial charge in [0.15, 0.2) is 0 Å². The predicted molar refractivity (Wildman–Crippen MR) is 102 cm³/mol. The highest BCUT2D eigenvalue weighted by molar-refractivity contribution is 9.10. The lowest BCUT2D eigenvalue weighted by atomic mass is 9.65. The van der Waals surface area contributed by atoms with E-state index in [9.17, 15) is 9.59 Å². The summed E-state index contributed by atoms with van der Waals surface area (Å²) in [6.45, 7) is 3.99. The van der Waals surface area contributed by atoms with Gasteiger partial charge < -0.3 is 0 Å². The monoisotopic (exact) mass is 411 g/mol. The third-order valence-corrected chi connectivity index (χ3v) is 8.57. The number of halogens is 1. The molecule has 0 aromatic heterocycles. The molecular formula is C22H22BrNO2. The van der Waals surface area contributed by atoms with Gasteiger partial charge in [0.2, 0.25) is 11.8 Å². The van der Waals surface area contributed by atoms with Gasteiger partial charge in [-0.1, -0.05) is 28.1 Å². The van der Waals surface area contributed by atoms with E-state index in [1.165, 1.54) is 6.42 Å². The van der Waals surface area contributed by atoms with Crippen LogP contribution in [-0.2, 0) is 9.59 Å². The van der Waals surface area contributed by atoms with Gasteiger partial charge in [0.05, 0.1) is 17.5 Å². The Morgan fingerprint density at radius 2 is 1.38 bits per heavy atom. The number of hydrogen-bond acceptors (Lipinski definition) is 2. The number of carbonyl (C=O) groups is 2. The van der Waals surface area contributed by atoms with Crippen molar-refractivity contribution in [1.82, 2.24) is 0 Å². The minimum atomic E-state index is -0.0658. The molecule has 4 fully saturated rings. The molecule has 1 saturated heterocycles. The van der Waals surface area contributed by atoms with Crippen LogP contribution in [0.3, 0.4) is 0 Å². The van der Waals surface area contributed by atoms with Gasteiger partial charge in [-0.3, -0.25) is 9.59 Å². The first-order valence-electron chi connectivity index (χ1n) is 9.80. The van der Waals surface area contributed by atoms with Crippen LogP contribution in [0.1, 0.15) is 24.0 Å². The summed E-state index contributed by atoms with van der Waals surface area (Å²) in [5, 5.41) is 0. The molecule has 8 unspecified atom stereocenters. The lowest BCUT2D eigenvalue weighted by Gasteiger charge is -2.36. The van der Waals surface area contributed by atoms with Crippen LogP contribution in [0, 0.1) is 61.2 Å². The van der Waals surface area contributed by atoms with E-state index in [-0.39, 0.29) is 23.7 Å². The van der Waals surface area contributed by atoms with Gasteiger partial charge in [-0.25, -0.2) is 4.90 Å². The average molecular weight is 412 g/mol. The molecule has 3 nitrogen and oxygen atoms in total. The number of hydrogen-bond donors (Lipinski definition) is 0. The molecule has 1 heterocycles. The Balaban J connectivity index is 1.43. The molecular weight excluding hydrogens is 390 g/mol. The SMILES string of the molecule is Cc1cc(Br)cc(C)c1N1C(=O)C2C3CC(C2C1=O)C1C2C=CC(C2)C31. The summed E-state index contributed by atoms with van der Waals surface area (Å²) >= 11 is 3.52. The standard InChI is InChI=1S/C22H22BrNO2/c1-9-5-13(23)6-10(2)20(9)24-21(25)18-14-8-15(19(18)22(24)26)17-12-4-3-11(7-12)16(14)17/h3-6,11-12,14-19H,7-8H2,1-2H3. The smallest absolute Gasteiger partial charge is 0.238 e. The summed E-state index contributed by atoms with van der Waals surface area (Å²) in [4.78, 5) is 28.5. The maximum absolute atomic E-state index is 13.4. The van der Waals surface area contributed by atoms with Crippen molar-refractivity contribution in [2.24, 2.45) is 47.3 Å². The van der Waals surface area contributed by atoms with Crippen molar-refractivity contribution >= 4 is 33.4 Å². The summed E-state index contributed by atoms with van der Waals surface area (Å²) in [6, 6.07) is 4.01. The van der Waals surface area contributed by atoms with Gasteiger partial charge in [-0.15, -0.1) is 0 Å². The minimum absolute atomic E-state index is 0.0658. The first kappa shape index (κ1) is 15.6. The predicted octanol–water partition coefficient (Wildman–Crippen LogP) is 4.26. The Hall–Kier alpha value is -1.42. The maximum Gasteiger partial charge on any atom is 0.238 e. The zero-order valence-corrected chi connectivity index (χ0v) is 16.6. The highest BCUT2D eigenvalue weighted by Crippen LogP contribution is 2.70. The molecule has 6 rings (SSSR count). The molecule has 1 aromatic carbocycles. The molecule has 4 aliphatic carbocycles. The van der Waals surface area contributed by atoms with Crippen LogP contribution in [0.2, 0.25) is 0 Å². The molecule has 1 aliphatic heterocycles. The van der Waals surface area contributed by atoms with Crippen molar-refractivity contribution in [1.29, 1.82) is 0 Å². The highest BCUT2D eigenvalue weighted by Gasteiger charge is 2.71. The van der Waals surface area contributed by atoms with Crippen molar-refractivity contribution in [3.63, 3.8) is 0 Å². The van der Waals surface area contributed by atoms with Crippen molar-refractivity contribution in [2.45, 2.75) is 26.7 Å². The Labute approximate surface area is 162 Å². The zero-order valence-electron chi connectivity index (χ0n) is 15.0. The Morgan fingerprint density at radius 1 is 0.885 bits per heavy atom. The second-order valence-electron chi connectivity index (χ2n) is 9.12. The number of amides is 2. The Kier molecular flexibility index (Phi) is 2.94. The number of allylic oxidation sites excluding steroid dienone is 2. The number of aryl methyl sites for hydroxylation is 2. The van der Waals surface area contributed by atoms with Gasteiger partial charge in [-0.05, 0) is 85.5 Å². The van der Waals surface area contributed by atoms with Crippen LogP contribution in [-0.4, -0.2) is 11.8 Å². The average Bonchev–Trinajstić information content (AvgIpc) is 3.35. The zero-order chi connectivity index (χ0) is 17.9. The number of fused-ring (bicyclic) bond motifs is 12. The number of imide groups is 1. The van der Waals surface area contributed by atoms with Crippen molar-refractivity contribution in [2.75, 3.05) is 4.90 Å². The quantitative estimate of drug-likeness (QED) is 0.393. The lowest BCUT2D eigenvalue weighted by molar-refractivity contribution is -0.123. The molecule has 134 valence electrons. The van der Waals surface area contributed by atoms with Gasteiger partial charge in [0.25, 0.3) is 0 Å². The largest absolute Gasteiger partial charge is 0.274 e. The topological polar surface area (TPSA) is 37.4 Å². The fraction of sp³-hybridized carbons (Fsp3) is 0.545. The molecule has 5 aliphatic rings. The molecule has 3 saturated carbocycles. The molecule has 0 radical (unpaired) electrons. The minimum Gasteiger partial charge on any atom is -0.274 e. The summed E-state index contributed by atoms with van der Waals surface area (Å²) < 4.78 is 0.993. The van der Waals surface area contributed by atoms with Crippen LogP contribution < -0.4 is 4.90 Å². The van der Waals surface area contributed by atoms with E-state index in [2.05, 4.69) is 28.1 Å². The first-order chi connectivity index (χ1) is 12.5. The van der Waals surface area contributed by atoms with Gasteiger partial charge >= 0.3 is 0 Å². The molecule has 1 aromatic rings. The van der Waals surface area contributed by atoms with Crippen LogP contribution in [0.4, 0.5) is 5.69 Å². The Morgan fingerprint density at radius 3 is 1.88 bits per heavy atom. The van der Waals surface area contributed by atoms with Crippen LogP contribution in [0.15, 0.2) is 28.8 Å². The van der Waals surface area contributed by atoms with E-state index >= 15 is 0 Å².